The Hall–Kier alpha value is -2.39. The summed E-state index contributed by atoms with van der Waals surface area (Å²) in [5.41, 5.74) is 0.498. The van der Waals surface area contributed by atoms with Crippen LogP contribution >= 0.6 is 0 Å². The monoisotopic (exact) mass is 365 g/mol. The number of ether oxygens (including phenoxy) is 1. The Morgan fingerprint density at radius 1 is 1.40 bits per heavy atom. The number of benzene rings is 1. The molecule has 2 N–H and O–H groups in total. The second kappa shape index (κ2) is 6.85. The number of hydrogen-bond donors (Lipinski definition) is 2. The molecule has 1 aliphatic rings. The molecule has 0 saturated carbocycles. The number of rotatable bonds is 6. The molecule has 9 heteroatoms. The minimum Gasteiger partial charge on any atom is -0.494 e. The molecule has 1 aromatic heterocycles. The number of aromatic nitrogens is 2. The normalized spacial score (nSPS) is 18.4. The first-order valence-corrected chi connectivity index (χ1v) is 9.40. The van der Waals surface area contributed by atoms with Gasteiger partial charge in [-0.05, 0) is 37.5 Å². The van der Waals surface area contributed by atoms with Gasteiger partial charge in [-0.15, -0.1) is 0 Å². The van der Waals surface area contributed by atoms with Crippen LogP contribution in [-0.2, 0) is 10.0 Å². The first-order chi connectivity index (χ1) is 11.9. The van der Waals surface area contributed by atoms with Crippen molar-refractivity contribution in [3.05, 3.63) is 41.6 Å². The summed E-state index contributed by atoms with van der Waals surface area (Å²) in [6, 6.07) is 6.95. The zero-order valence-electron chi connectivity index (χ0n) is 13.7. The lowest BCUT2D eigenvalue weighted by atomic mass is 10.1. The smallest absolute Gasteiger partial charge is 0.340 e. The highest BCUT2D eigenvalue weighted by Gasteiger charge is 2.39. The number of sulfonamides is 1. The molecular weight excluding hydrogens is 346 g/mol. The van der Waals surface area contributed by atoms with E-state index < -0.39 is 16.0 Å². The van der Waals surface area contributed by atoms with Crippen LogP contribution in [0, 0.1) is 0 Å². The molecule has 1 unspecified atom stereocenters. The minimum atomic E-state index is -3.99. The molecule has 0 radical (unpaired) electrons. The van der Waals surface area contributed by atoms with Crippen LogP contribution in [0.5, 0.6) is 5.75 Å². The third kappa shape index (κ3) is 3.24. The molecule has 0 aliphatic carbocycles. The largest absolute Gasteiger partial charge is 0.494 e. The van der Waals surface area contributed by atoms with E-state index in [-0.39, 0.29) is 16.6 Å². The molecule has 134 valence electrons. The molecule has 2 heterocycles. The van der Waals surface area contributed by atoms with E-state index in [4.69, 9.17) is 9.84 Å². The van der Waals surface area contributed by atoms with Gasteiger partial charge in [0, 0.05) is 6.54 Å². The highest BCUT2D eigenvalue weighted by atomic mass is 32.2. The fourth-order valence-electron chi connectivity index (χ4n) is 3.05. The zero-order chi connectivity index (χ0) is 18.0. The van der Waals surface area contributed by atoms with Gasteiger partial charge in [0.15, 0.2) is 5.03 Å². The van der Waals surface area contributed by atoms with Gasteiger partial charge in [-0.1, -0.05) is 12.1 Å². The van der Waals surface area contributed by atoms with E-state index in [9.17, 15) is 13.2 Å². The summed E-state index contributed by atoms with van der Waals surface area (Å²) >= 11 is 0. The van der Waals surface area contributed by atoms with E-state index in [1.54, 1.807) is 12.1 Å². The van der Waals surface area contributed by atoms with E-state index in [0.717, 1.165) is 17.5 Å². The third-order valence-electron chi connectivity index (χ3n) is 4.18. The molecule has 0 bridgehead atoms. The standard InChI is InChI=1S/C16H19N3O5S/c1-2-24-12-7-5-11(6-8-12)14-4-3-9-19(14)25(22,23)15-13(16(20)21)10-17-18-15/h5-8,10,14H,2-4,9H2,1H3,(H,17,18)(H,20,21). The Morgan fingerprint density at radius 2 is 2.12 bits per heavy atom. The Kier molecular flexibility index (Phi) is 4.78. The zero-order valence-corrected chi connectivity index (χ0v) is 14.5. The lowest BCUT2D eigenvalue weighted by Gasteiger charge is -2.24. The number of H-pyrrole nitrogens is 1. The molecule has 1 aliphatic heterocycles. The van der Waals surface area contributed by atoms with Gasteiger partial charge < -0.3 is 9.84 Å². The predicted octanol–water partition coefficient (Wildman–Crippen LogP) is 2.03. The van der Waals surface area contributed by atoms with Gasteiger partial charge in [0.2, 0.25) is 0 Å². The lowest BCUT2D eigenvalue weighted by Crippen LogP contribution is -2.32. The van der Waals surface area contributed by atoms with Crippen molar-refractivity contribution in [2.24, 2.45) is 0 Å². The highest BCUT2D eigenvalue weighted by molar-refractivity contribution is 7.89. The van der Waals surface area contributed by atoms with E-state index in [2.05, 4.69) is 10.2 Å². The van der Waals surface area contributed by atoms with Gasteiger partial charge in [-0.2, -0.15) is 9.40 Å². The van der Waals surface area contributed by atoms with Gasteiger partial charge in [-0.25, -0.2) is 13.2 Å². The molecule has 1 saturated heterocycles. The second-order valence-electron chi connectivity index (χ2n) is 5.69. The van der Waals surface area contributed by atoms with Crippen molar-refractivity contribution in [3.8, 4) is 5.75 Å². The van der Waals surface area contributed by atoms with Crippen molar-refractivity contribution in [2.45, 2.75) is 30.8 Å². The number of carboxylic acid groups (broad SMARTS) is 1. The summed E-state index contributed by atoms with van der Waals surface area (Å²) in [6.45, 7) is 2.78. The highest BCUT2D eigenvalue weighted by Crippen LogP contribution is 2.37. The van der Waals surface area contributed by atoms with Crippen LogP contribution in [-0.4, -0.2) is 47.1 Å². The molecule has 1 aromatic carbocycles. The number of nitrogens with zero attached hydrogens (tertiary/aromatic N) is 2. The molecule has 1 atom stereocenters. The minimum absolute atomic E-state index is 0.332. The summed E-state index contributed by atoms with van der Waals surface area (Å²) in [7, 11) is -3.99. The average molecular weight is 365 g/mol. The van der Waals surface area contributed by atoms with Crippen molar-refractivity contribution in [1.82, 2.24) is 14.5 Å². The Morgan fingerprint density at radius 3 is 2.76 bits per heavy atom. The molecule has 1 fully saturated rings. The first-order valence-electron chi connectivity index (χ1n) is 7.96. The average Bonchev–Trinajstić information content (AvgIpc) is 3.26. The van der Waals surface area contributed by atoms with Gasteiger partial charge >= 0.3 is 5.97 Å². The predicted molar refractivity (Wildman–Crippen MR) is 89.0 cm³/mol. The summed E-state index contributed by atoms with van der Waals surface area (Å²) in [5.74, 6) is -0.607. The molecule has 0 amide bonds. The van der Waals surface area contributed by atoms with Crippen LogP contribution in [0.2, 0.25) is 0 Å². The van der Waals surface area contributed by atoms with Crippen LogP contribution < -0.4 is 4.74 Å². The Balaban J connectivity index is 1.92. The van der Waals surface area contributed by atoms with Crippen molar-refractivity contribution >= 4 is 16.0 Å². The van der Waals surface area contributed by atoms with E-state index in [1.807, 2.05) is 19.1 Å². The molecule has 0 spiro atoms. The van der Waals surface area contributed by atoms with Crippen molar-refractivity contribution in [2.75, 3.05) is 13.2 Å². The SMILES string of the molecule is CCOc1ccc(C2CCCN2S(=O)(=O)c2[nH]ncc2C(=O)O)cc1. The van der Waals surface area contributed by atoms with E-state index in [1.165, 1.54) is 4.31 Å². The van der Waals surface area contributed by atoms with Gasteiger partial charge in [0.25, 0.3) is 10.0 Å². The second-order valence-corrected chi connectivity index (χ2v) is 7.52. The number of aromatic carboxylic acids is 1. The fraction of sp³-hybridized carbons (Fsp3) is 0.375. The number of carboxylic acids is 1. The number of hydrogen-bond acceptors (Lipinski definition) is 5. The van der Waals surface area contributed by atoms with E-state index in [0.29, 0.717) is 26.0 Å². The van der Waals surface area contributed by atoms with Gasteiger partial charge in [0.1, 0.15) is 11.3 Å². The molecule has 3 rings (SSSR count). The van der Waals surface area contributed by atoms with Crippen LogP contribution in [0.3, 0.4) is 0 Å². The summed E-state index contributed by atoms with van der Waals surface area (Å²) in [4.78, 5) is 11.2. The third-order valence-corrected chi connectivity index (χ3v) is 6.06. The topological polar surface area (TPSA) is 113 Å². The van der Waals surface area contributed by atoms with Gasteiger partial charge in [-0.3, -0.25) is 5.10 Å². The Labute approximate surface area is 145 Å². The molecular formula is C16H19N3O5S. The van der Waals surface area contributed by atoms with Crippen LogP contribution in [0.4, 0.5) is 0 Å². The van der Waals surface area contributed by atoms with Crippen molar-refractivity contribution in [1.29, 1.82) is 0 Å². The maximum atomic E-state index is 12.9. The first kappa shape index (κ1) is 17.4. The maximum absolute atomic E-state index is 12.9. The van der Waals surface area contributed by atoms with Crippen LogP contribution in [0.25, 0.3) is 0 Å². The summed E-state index contributed by atoms with van der Waals surface area (Å²) in [6.07, 6.45) is 2.38. The van der Waals surface area contributed by atoms with Crippen LogP contribution in [0.1, 0.15) is 41.7 Å². The molecule has 2 aromatic rings. The molecule has 8 nitrogen and oxygen atoms in total. The molecule has 25 heavy (non-hydrogen) atoms. The van der Waals surface area contributed by atoms with Gasteiger partial charge in [0.05, 0.1) is 18.8 Å². The summed E-state index contributed by atoms with van der Waals surface area (Å²) in [5, 5.41) is 14.7. The number of nitrogens with one attached hydrogen (secondary N) is 1. The Bertz CT molecular complexity index is 860. The van der Waals surface area contributed by atoms with Crippen molar-refractivity contribution < 1.29 is 23.1 Å². The van der Waals surface area contributed by atoms with Crippen molar-refractivity contribution in [3.63, 3.8) is 0 Å². The summed E-state index contributed by atoms with van der Waals surface area (Å²) < 4.78 is 32.6. The van der Waals surface area contributed by atoms with Crippen LogP contribution in [0.15, 0.2) is 35.5 Å². The quantitative estimate of drug-likeness (QED) is 0.810. The maximum Gasteiger partial charge on any atom is 0.340 e. The fourth-order valence-corrected chi connectivity index (χ4v) is 4.81. The number of aromatic amines is 1. The van der Waals surface area contributed by atoms with E-state index >= 15 is 0 Å². The lowest BCUT2D eigenvalue weighted by molar-refractivity contribution is 0.0692. The number of carbonyl (C=O) groups is 1.